The van der Waals surface area contributed by atoms with Crippen LogP contribution in [0, 0.1) is 0 Å². The van der Waals surface area contributed by atoms with Crippen LogP contribution in [0.4, 0.5) is 5.69 Å². The minimum atomic E-state index is 0.140. The summed E-state index contributed by atoms with van der Waals surface area (Å²) in [6, 6.07) is 33.2. The maximum Gasteiger partial charge on any atom is 0.0680 e. The SMILES string of the molecule is Clc1ccc(C2CN(Sc3ccc(-c4ccccc4)cc3)CCN2c2ccc(Cl)cc2Cl)cc1. The van der Waals surface area contributed by atoms with E-state index < -0.39 is 0 Å². The third-order valence-corrected chi connectivity index (χ3v) is 7.88. The minimum Gasteiger partial charge on any atom is -0.361 e. The molecule has 2 nitrogen and oxygen atoms in total. The van der Waals surface area contributed by atoms with Crippen LogP contribution >= 0.6 is 46.8 Å². The molecule has 1 saturated heterocycles. The fourth-order valence-electron chi connectivity index (χ4n) is 4.30. The molecule has 34 heavy (non-hydrogen) atoms. The number of rotatable bonds is 5. The number of halogens is 3. The van der Waals surface area contributed by atoms with Gasteiger partial charge in [0, 0.05) is 34.6 Å². The van der Waals surface area contributed by atoms with Gasteiger partial charge < -0.3 is 4.90 Å². The van der Waals surface area contributed by atoms with E-state index in [1.807, 2.05) is 36.4 Å². The quantitative estimate of drug-likeness (QED) is 0.240. The van der Waals surface area contributed by atoms with Crippen molar-refractivity contribution in [1.82, 2.24) is 4.31 Å². The maximum atomic E-state index is 6.61. The van der Waals surface area contributed by atoms with E-state index in [4.69, 9.17) is 34.8 Å². The largest absolute Gasteiger partial charge is 0.361 e. The second kappa shape index (κ2) is 10.6. The number of nitrogens with zero attached hydrogens (tertiary/aromatic N) is 2. The molecule has 0 spiro atoms. The first-order valence-electron chi connectivity index (χ1n) is 11.1. The average molecular weight is 526 g/mol. The Labute approximate surface area is 220 Å². The molecule has 6 heteroatoms. The minimum absolute atomic E-state index is 0.140. The molecule has 172 valence electrons. The molecular weight excluding hydrogens is 503 g/mol. The second-order valence-corrected chi connectivity index (χ2v) is 10.7. The van der Waals surface area contributed by atoms with Crippen molar-refractivity contribution in [1.29, 1.82) is 0 Å². The van der Waals surface area contributed by atoms with Crippen molar-refractivity contribution >= 4 is 52.4 Å². The summed E-state index contributed by atoms with van der Waals surface area (Å²) in [6.07, 6.45) is 0. The van der Waals surface area contributed by atoms with E-state index in [1.54, 1.807) is 11.9 Å². The molecule has 0 radical (unpaired) electrons. The molecule has 1 heterocycles. The topological polar surface area (TPSA) is 6.48 Å². The van der Waals surface area contributed by atoms with Crippen molar-refractivity contribution in [3.05, 3.63) is 118 Å². The molecule has 1 aliphatic heterocycles. The first-order valence-corrected chi connectivity index (χ1v) is 13.0. The van der Waals surface area contributed by atoms with Crippen molar-refractivity contribution in [3.8, 4) is 11.1 Å². The number of piperazine rings is 1. The molecule has 0 N–H and O–H groups in total. The van der Waals surface area contributed by atoms with Gasteiger partial charge in [0.25, 0.3) is 0 Å². The lowest BCUT2D eigenvalue weighted by molar-refractivity contribution is 0.366. The van der Waals surface area contributed by atoms with Crippen LogP contribution in [-0.2, 0) is 0 Å². The van der Waals surface area contributed by atoms with E-state index >= 15 is 0 Å². The van der Waals surface area contributed by atoms with Gasteiger partial charge in [-0.25, -0.2) is 4.31 Å². The van der Waals surface area contributed by atoms with Gasteiger partial charge in [0.1, 0.15) is 0 Å². The van der Waals surface area contributed by atoms with Crippen LogP contribution in [0.5, 0.6) is 0 Å². The Morgan fingerprint density at radius 2 is 1.35 bits per heavy atom. The zero-order chi connectivity index (χ0) is 23.5. The molecular formula is C28H23Cl3N2S. The fourth-order valence-corrected chi connectivity index (χ4v) is 5.89. The molecule has 1 fully saturated rings. The van der Waals surface area contributed by atoms with Crippen molar-refractivity contribution in [2.45, 2.75) is 10.9 Å². The average Bonchev–Trinajstić information content (AvgIpc) is 2.86. The van der Waals surface area contributed by atoms with Crippen LogP contribution in [0.15, 0.2) is 102 Å². The Hall–Kier alpha value is -2.14. The van der Waals surface area contributed by atoms with Gasteiger partial charge >= 0.3 is 0 Å². The third-order valence-electron chi connectivity index (χ3n) is 6.01. The summed E-state index contributed by atoms with van der Waals surface area (Å²) < 4.78 is 2.43. The van der Waals surface area contributed by atoms with E-state index in [1.165, 1.54) is 21.6 Å². The zero-order valence-corrected chi connectivity index (χ0v) is 21.5. The molecule has 1 unspecified atom stereocenters. The summed E-state index contributed by atoms with van der Waals surface area (Å²) in [5, 5.41) is 2.05. The number of hydrogen-bond acceptors (Lipinski definition) is 3. The van der Waals surface area contributed by atoms with Crippen molar-refractivity contribution in [3.63, 3.8) is 0 Å². The van der Waals surface area contributed by atoms with E-state index in [0.717, 1.165) is 30.3 Å². The summed E-state index contributed by atoms with van der Waals surface area (Å²) in [5.41, 5.74) is 4.67. The summed E-state index contributed by atoms with van der Waals surface area (Å²) in [7, 11) is 0. The van der Waals surface area contributed by atoms with Gasteiger partial charge in [-0.05, 0) is 71.1 Å². The summed E-state index contributed by atoms with van der Waals surface area (Å²) in [4.78, 5) is 3.60. The Bertz CT molecular complexity index is 1250. The van der Waals surface area contributed by atoms with E-state index in [9.17, 15) is 0 Å². The van der Waals surface area contributed by atoms with E-state index in [-0.39, 0.29) is 6.04 Å². The van der Waals surface area contributed by atoms with Gasteiger partial charge in [0.15, 0.2) is 0 Å². The van der Waals surface area contributed by atoms with E-state index in [0.29, 0.717) is 10.0 Å². The Balaban J connectivity index is 1.37. The molecule has 1 atom stereocenters. The molecule has 0 bridgehead atoms. The van der Waals surface area contributed by atoms with Crippen molar-refractivity contribution < 1.29 is 0 Å². The van der Waals surface area contributed by atoms with Gasteiger partial charge in [-0.3, -0.25) is 0 Å². The van der Waals surface area contributed by atoms with Crippen LogP contribution in [0.1, 0.15) is 11.6 Å². The predicted molar refractivity (Wildman–Crippen MR) is 147 cm³/mol. The predicted octanol–water partition coefficient (Wildman–Crippen LogP) is 8.88. The van der Waals surface area contributed by atoms with Crippen LogP contribution in [0.2, 0.25) is 15.1 Å². The van der Waals surface area contributed by atoms with Gasteiger partial charge in [-0.15, -0.1) is 0 Å². The number of anilines is 1. The highest BCUT2D eigenvalue weighted by Gasteiger charge is 2.30. The highest BCUT2D eigenvalue weighted by atomic mass is 35.5. The van der Waals surface area contributed by atoms with Crippen LogP contribution < -0.4 is 4.90 Å². The first-order chi connectivity index (χ1) is 16.6. The highest BCUT2D eigenvalue weighted by Crippen LogP contribution is 2.39. The lowest BCUT2D eigenvalue weighted by atomic mass is 10.0. The molecule has 1 aliphatic rings. The molecule has 4 aromatic carbocycles. The first kappa shape index (κ1) is 23.6. The Morgan fingerprint density at radius 3 is 2.06 bits per heavy atom. The summed E-state index contributed by atoms with van der Waals surface area (Å²) in [5.74, 6) is 0. The third kappa shape index (κ3) is 5.40. The molecule has 0 saturated carbocycles. The van der Waals surface area contributed by atoms with Crippen LogP contribution in [-0.4, -0.2) is 23.9 Å². The smallest absolute Gasteiger partial charge is 0.0680 e. The summed E-state index contributed by atoms with van der Waals surface area (Å²) >= 11 is 20.7. The molecule has 5 rings (SSSR count). The normalized spacial score (nSPS) is 16.6. The van der Waals surface area contributed by atoms with Crippen molar-refractivity contribution in [2.24, 2.45) is 0 Å². The summed E-state index contributed by atoms with van der Waals surface area (Å²) in [6.45, 7) is 2.61. The lowest BCUT2D eigenvalue weighted by Crippen LogP contribution is -2.46. The van der Waals surface area contributed by atoms with Crippen molar-refractivity contribution in [2.75, 3.05) is 24.5 Å². The lowest BCUT2D eigenvalue weighted by Gasteiger charge is -2.43. The molecule has 0 aromatic heterocycles. The second-order valence-electron chi connectivity index (χ2n) is 8.23. The molecule has 0 aliphatic carbocycles. The van der Waals surface area contributed by atoms with Gasteiger partial charge in [-0.2, -0.15) is 0 Å². The zero-order valence-electron chi connectivity index (χ0n) is 18.4. The fraction of sp³-hybridized carbons (Fsp3) is 0.143. The molecule has 0 amide bonds. The van der Waals surface area contributed by atoms with Gasteiger partial charge in [-0.1, -0.05) is 89.4 Å². The van der Waals surface area contributed by atoms with Gasteiger partial charge in [0.05, 0.1) is 16.8 Å². The molecule has 4 aromatic rings. The monoisotopic (exact) mass is 524 g/mol. The maximum absolute atomic E-state index is 6.61. The number of hydrogen-bond donors (Lipinski definition) is 0. The Morgan fingerprint density at radius 1 is 0.676 bits per heavy atom. The van der Waals surface area contributed by atoms with E-state index in [2.05, 4.69) is 69.9 Å². The number of benzene rings is 4. The van der Waals surface area contributed by atoms with Crippen LogP contribution in [0.25, 0.3) is 11.1 Å². The van der Waals surface area contributed by atoms with Gasteiger partial charge in [0.2, 0.25) is 0 Å². The Kier molecular flexibility index (Phi) is 7.38. The standard InChI is InChI=1S/C28H23Cl3N2S/c29-23-10-6-22(7-11-23)28-19-32(16-17-33(28)27-15-12-24(30)18-26(27)31)34-25-13-8-21(9-14-25)20-4-2-1-3-5-20/h1-15,18,28H,16-17,19H2. The van der Waals surface area contributed by atoms with Crippen LogP contribution in [0.3, 0.4) is 0 Å². The highest BCUT2D eigenvalue weighted by molar-refractivity contribution is 7.97.